The molecule has 0 radical (unpaired) electrons. The molecule has 0 bridgehead atoms. The van der Waals surface area contributed by atoms with Crippen molar-refractivity contribution < 1.29 is 5.11 Å². The molecule has 0 aliphatic carbocycles. The number of aromatic amines is 1. The van der Waals surface area contributed by atoms with Gasteiger partial charge in [0.25, 0.3) is 0 Å². The lowest BCUT2D eigenvalue weighted by atomic mass is 10.1. The highest BCUT2D eigenvalue weighted by Crippen LogP contribution is 2.25. The Morgan fingerprint density at radius 2 is 1.95 bits per heavy atom. The van der Waals surface area contributed by atoms with E-state index in [2.05, 4.69) is 47.2 Å². The topological polar surface area (TPSA) is 48.9 Å². The third-order valence-electron chi connectivity index (χ3n) is 3.76. The van der Waals surface area contributed by atoms with Gasteiger partial charge in [-0.1, -0.05) is 43.3 Å². The maximum absolute atomic E-state index is 9.34. The zero-order valence-electron chi connectivity index (χ0n) is 11.5. The summed E-state index contributed by atoms with van der Waals surface area (Å²) in [7, 11) is 0. The summed E-state index contributed by atoms with van der Waals surface area (Å²) in [5.74, 6) is 0.947. The summed E-state index contributed by atoms with van der Waals surface area (Å²) in [5.41, 5.74) is 2.12. The van der Waals surface area contributed by atoms with Crippen molar-refractivity contribution >= 4 is 10.8 Å². The number of aromatic nitrogens is 2. The average molecular weight is 266 g/mol. The van der Waals surface area contributed by atoms with E-state index in [0.29, 0.717) is 0 Å². The molecule has 20 heavy (non-hydrogen) atoms. The number of rotatable bonds is 4. The molecule has 0 aliphatic rings. The number of aliphatic hydroxyl groups excluding tert-OH is 1. The minimum Gasteiger partial charge on any atom is -0.396 e. The van der Waals surface area contributed by atoms with Crippen LogP contribution in [0.4, 0.5) is 0 Å². The second kappa shape index (κ2) is 5.47. The lowest BCUT2D eigenvalue weighted by molar-refractivity contribution is 0.258. The summed E-state index contributed by atoms with van der Waals surface area (Å²) in [5, 5.41) is 11.8. The molecule has 3 heteroatoms. The first kappa shape index (κ1) is 12.9. The molecule has 0 saturated carbocycles. The molecule has 2 N–H and O–H groups in total. The van der Waals surface area contributed by atoms with Crippen molar-refractivity contribution in [3.05, 3.63) is 54.5 Å². The van der Waals surface area contributed by atoms with Gasteiger partial charge in [-0.3, -0.25) is 0 Å². The largest absolute Gasteiger partial charge is 0.396 e. The highest BCUT2D eigenvalue weighted by Gasteiger charge is 2.12. The molecule has 102 valence electrons. The third-order valence-corrected chi connectivity index (χ3v) is 3.76. The van der Waals surface area contributed by atoms with Crippen LogP contribution in [0.2, 0.25) is 0 Å². The second-order valence-electron chi connectivity index (χ2n) is 5.03. The average Bonchev–Trinajstić information content (AvgIpc) is 2.98. The van der Waals surface area contributed by atoms with Gasteiger partial charge in [-0.15, -0.1) is 0 Å². The number of H-pyrrole nitrogens is 1. The Hall–Kier alpha value is -2.13. The molecule has 3 nitrogen and oxygen atoms in total. The molecule has 0 fully saturated rings. The molecular weight excluding hydrogens is 248 g/mol. The predicted octanol–water partition coefficient (Wildman–Crippen LogP) is 3.72. The second-order valence-corrected chi connectivity index (χ2v) is 5.03. The van der Waals surface area contributed by atoms with Crippen molar-refractivity contribution in [2.24, 2.45) is 0 Å². The number of hydrogen-bond donors (Lipinski definition) is 2. The molecule has 0 aliphatic heterocycles. The molecule has 0 amide bonds. The Labute approximate surface area is 118 Å². The van der Waals surface area contributed by atoms with E-state index in [1.165, 1.54) is 10.8 Å². The molecule has 0 saturated heterocycles. The van der Waals surface area contributed by atoms with Gasteiger partial charge in [-0.2, -0.15) is 0 Å². The Bertz CT molecular complexity index is 714. The van der Waals surface area contributed by atoms with E-state index in [0.717, 1.165) is 23.5 Å². The smallest absolute Gasteiger partial charge is 0.111 e. The zero-order valence-corrected chi connectivity index (χ0v) is 11.5. The van der Waals surface area contributed by atoms with Gasteiger partial charge in [0.1, 0.15) is 5.82 Å². The van der Waals surface area contributed by atoms with Gasteiger partial charge in [0.15, 0.2) is 0 Å². The van der Waals surface area contributed by atoms with Crippen molar-refractivity contribution in [2.45, 2.75) is 19.3 Å². The van der Waals surface area contributed by atoms with Crippen LogP contribution in [0.15, 0.2) is 48.7 Å². The molecular formula is C17H18N2O. The van der Waals surface area contributed by atoms with Crippen LogP contribution in [-0.2, 0) is 0 Å². The van der Waals surface area contributed by atoms with Crippen molar-refractivity contribution in [1.82, 2.24) is 9.97 Å². The van der Waals surface area contributed by atoms with E-state index in [9.17, 15) is 5.11 Å². The monoisotopic (exact) mass is 266 g/mol. The molecule has 1 aromatic heterocycles. The van der Waals surface area contributed by atoms with E-state index in [4.69, 9.17) is 0 Å². The molecule has 2 aromatic carbocycles. The number of benzene rings is 2. The summed E-state index contributed by atoms with van der Waals surface area (Å²) in [6, 6.07) is 14.7. The van der Waals surface area contributed by atoms with Gasteiger partial charge in [-0.05, 0) is 23.3 Å². The van der Waals surface area contributed by atoms with Gasteiger partial charge in [-0.25, -0.2) is 4.98 Å². The van der Waals surface area contributed by atoms with Gasteiger partial charge in [0.05, 0.1) is 18.5 Å². The SMILES string of the molecule is CCC(CO)c1ncc(-c2ccc3ccccc3c2)[nH]1. The molecule has 0 spiro atoms. The maximum Gasteiger partial charge on any atom is 0.111 e. The van der Waals surface area contributed by atoms with Crippen LogP contribution in [0.1, 0.15) is 25.1 Å². The highest BCUT2D eigenvalue weighted by molar-refractivity contribution is 5.86. The van der Waals surface area contributed by atoms with Crippen LogP contribution in [-0.4, -0.2) is 21.7 Å². The number of hydrogen-bond acceptors (Lipinski definition) is 2. The predicted molar refractivity (Wildman–Crippen MR) is 81.6 cm³/mol. The summed E-state index contributed by atoms with van der Waals surface area (Å²) in [6.07, 6.45) is 2.72. The fraction of sp³-hybridized carbons (Fsp3) is 0.235. The number of aliphatic hydroxyl groups is 1. The Balaban J connectivity index is 1.98. The summed E-state index contributed by atoms with van der Waals surface area (Å²) in [4.78, 5) is 7.72. The van der Waals surface area contributed by atoms with Crippen molar-refractivity contribution in [3.63, 3.8) is 0 Å². The van der Waals surface area contributed by atoms with E-state index in [1.807, 2.05) is 18.3 Å². The first-order valence-corrected chi connectivity index (χ1v) is 6.96. The molecule has 1 atom stereocenters. The molecule has 1 heterocycles. The summed E-state index contributed by atoms with van der Waals surface area (Å²) >= 11 is 0. The first-order chi connectivity index (χ1) is 9.81. The van der Waals surface area contributed by atoms with E-state index >= 15 is 0 Å². The Kier molecular flexibility index (Phi) is 3.52. The standard InChI is InChI=1S/C17H18N2O/c1-2-12(11-20)17-18-10-16(19-17)15-8-7-13-5-3-4-6-14(13)9-15/h3-10,12,20H,2,11H2,1H3,(H,18,19). The molecule has 3 rings (SSSR count). The molecule has 1 unspecified atom stereocenters. The van der Waals surface area contributed by atoms with Crippen molar-refractivity contribution in [2.75, 3.05) is 6.61 Å². The summed E-state index contributed by atoms with van der Waals surface area (Å²) in [6.45, 7) is 2.18. The fourth-order valence-corrected chi connectivity index (χ4v) is 2.46. The minimum atomic E-state index is 0.0872. The Morgan fingerprint density at radius 3 is 2.70 bits per heavy atom. The van der Waals surface area contributed by atoms with Crippen LogP contribution in [0.5, 0.6) is 0 Å². The lowest BCUT2D eigenvalue weighted by Crippen LogP contribution is -2.04. The summed E-state index contributed by atoms with van der Waals surface area (Å²) < 4.78 is 0. The van der Waals surface area contributed by atoms with Crippen LogP contribution in [0.25, 0.3) is 22.0 Å². The number of fused-ring (bicyclic) bond motifs is 1. The first-order valence-electron chi connectivity index (χ1n) is 6.96. The van der Waals surface area contributed by atoms with Crippen molar-refractivity contribution in [1.29, 1.82) is 0 Å². The highest BCUT2D eigenvalue weighted by atomic mass is 16.3. The fourth-order valence-electron chi connectivity index (χ4n) is 2.46. The molecule has 3 aromatic rings. The van der Waals surface area contributed by atoms with Gasteiger partial charge in [0.2, 0.25) is 0 Å². The van der Waals surface area contributed by atoms with Crippen LogP contribution < -0.4 is 0 Å². The third kappa shape index (κ3) is 2.32. The number of nitrogens with zero attached hydrogens (tertiary/aromatic N) is 1. The van der Waals surface area contributed by atoms with E-state index in [1.54, 1.807) is 0 Å². The van der Waals surface area contributed by atoms with Crippen molar-refractivity contribution in [3.8, 4) is 11.3 Å². The number of imidazole rings is 1. The van der Waals surface area contributed by atoms with Gasteiger partial charge < -0.3 is 10.1 Å². The van der Waals surface area contributed by atoms with Crippen LogP contribution >= 0.6 is 0 Å². The van der Waals surface area contributed by atoms with Crippen LogP contribution in [0.3, 0.4) is 0 Å². The Morgan fingerprint density at radius 1 is 1.15 bits per heavy atom. The minimum absolute atomic E-state index is 0.0872. The normalized spacial score (nSPS) is 12.7. The van der Waals surface area contributed by atoms with Gasteiger partial charge >= 0.3 is 0 Å². The van der Waals surface area contributed by atoms with Crippen LogP contribution in [0, 0.1) is 0 Å². The maximum atomic E-state index is 9.34. The quantitative estimate of drug-likeness (QED) is 0.756. The van der Waals surface area contributed by atoms with E-state index < -0.39 is 0 Å². The van der Waals surface area contributed by atoms with Gasteiger partial charge in [0, 0.05) is 11.5 Å². The van der Waals surface area contributed by atoms with E-state index in [-0.39, 0.29) is 12.5 Å². The lowest BCUT2D eigenvalue weighted by Gasteiger charge is -2.07. The number of nitrogens with one attached hydrogen (secondary N) is 1. The zero-order chi connectivity index (χ0) is 13.9.